The number of nitrogens with zero attached hydrogens (tertiary/aromatic N) is 2. The van der Waals surface area contributed by atoms with E-state index in [1.165, 1.54) is 6.26 Å². The van der Waals surface area contributed by atoms with Crippen LogP contribution in [0.25, 0.3) is 0 Å². The molecule has 2 aliphatic rings. The first-order valence-corrected chi connectivity index (χ1v) is 10.3. The molecule has 1 aromatic heterocycles. The van der Waals surface area contributed by atoms with Gasteiger partial charge in [-0.05, 0) is 48.0 Å². The number of carbonyl (C=O) groups excluding carboxylic acids is 1. The standard InChI is InChI=1S/C24H22N2O6/c1-28-18-5-2-4-16(10-18)13-26(24(27)22-6-3-9-29-22)14-19-12-20(25-32-19)17-7-8-21-23(11-17)31-15-30-21/h2-11,19H,12-15H2,1H3. The molecular weight excluding hydrogens is 412 g/mol. The molecule has 3 aromatic rings. The van der Waals surface area contributed by atoms with E-state index in [9.17, 15) is 4.79 Å². The molecular formula is C24H22N2O6. The molecule has 0 spiro atoms. The minimum absolute atomic E-state index is 0.210. The van der Waals surface area contributed by atoms with Crippen molar-refractivity contribution >= 4 is 11.6 Å². The van der Waals surface area contributed by atoms with Crippen molar-refractivity contribution in [1.82, 2.24) is 4.90 Å². The highest BCUT2D eigenvalue weighted by Crippen LogP contribution is 2.33. The summed E-state index contributed by atoms with van der Waals surface area (Å²) in [5.74, 6) is 2.22. The van der Waals surface area contributed by atoms with E-state index in [1.54, 1.807) is 24.1 Å². The van der Waals surface area contributed by atoms with Gasteiger partial charge in [0.1, 0.15) is 5.75 Å². The maximum absolute atomic E-state index is 13.1. The van der Waals surface area contributed by atoms with Crippen LogP contribution in [0.3, 0.4) is 0 Å². The summed E-state index contributed by atoms with van der Waals surface area (Å²) >= 11 is 0. The molecule has 0 bridgehead atoms. The van der Waals surface area contributed by atoms with Gasteiger partial charge in [-0.25, -0.2) is 0 Å². The summed E-state index contributed by atoms with van der Waals surface area (Å²) in [4.78, 5) is 20.5. The minimum Gasteiger partial charge on any atom is -0.497 e. The number of rotatable bonds is 7. The number of methoxy groups -OCH3 is 1. The normalized spacial score (nSPS) is 16.4. The number of benzene rings is 2. The summed E-state index contributed by atoms with van der Waals surface area (Å²) in [5.41, 5.74) is 2.66. The van der Waals surface area contributed by atoms with Gasteiger partial charge >= 0.3 is 0 Å². The van der Waals surface area contributed by atoms with Gasteiger partial charge in [0.15, 0.2) is 23.4 Å². The number of carbonyl (C=O) groups is 1. The molecule has 0 saturated heterocycles. The lowest BCUT2D eigenvalue weighted by Gasteiger charge is -2.24. The minimum atomic E-state index is -0.278. The molecule has 5 rings (SSSR count). The number of fused-ring (bicyclic) bond motifs is 1. The van der Waals surface area contributed by atoms with Crippen LogP contribution in [0.2, 0.25) is 0 Å². The van der Waals surface area contributed by atoms with Crippen molar-refractivity contribution in [3.8, 4) is 17.2 Å². The molecule has 8 nitrogen and oxygen atoms in total. The van der Waals surface area contributed by atoms with E-state index in [0.717, 1.165) is 28.3 Å². The van der Waals surface area contributed by atoms with Crippen LogP contribution >= 0.6 is 0 Å². The molecule has 8 heteroatoms. The molecule has 32 heavy (non-hydrogen) atoms. The SMILES string of the molecule is COc1cccc(CN(CC2CC(c3ccc4c(c3)OCO4)=NO2)C(=O)c2ccco2)c1. The number of oxime groups is 1. The van der Waals surface area contributed by atoms with Gasteiger partial charge in [0.25, 0.3) is 5.91 Å². The first kappa shape index (κ1) is 20.0. The van der Waals surface area contributed by atoms with E-state index >= 15 is 0 Å². The first-order valence-electron chi connectivity index (χ1n) is 10.3. The number of furan rings is 1. The Labute approximate surface area is 184 Å². The van der Waals surface area contributed by atoms with Crippen molar-refractivity contribution in [3.05, 3.63) is 77.7 Å². The Kier molecular flexibility index (Phi) is 5.41. The Morgan fingerprint density at radius 3 is 2.88 bits per heavy atom. The summed E-state index contributed by atoms with van der Waals surface area (Å²) in [7, 11) is 1.62. The second-order valence-corrected chi connectivity index (χ2v) is 7.55. The zero-order chi connectivity index (χ0) is 21.9. The molecule has 3 heterocycles. The van der Waals surface area contributed by atoms with Crippen LogP contribution in [0, 0.1) is 0 Å². The van der Waals surface area contributed by atoms with Crippen molar-refractivity contribution in [2.24, 2.45) is 5.16 Å². The van der Waals surface area contributed by atoms with Crippen molar-refractivity contribution in [2.45, 2.75) is 19.1 Å². The maximum Gasteiger partial charge on any atom is 0.289 e. The van der Waals surface area contributed by atoms with Crippen molar-refractivity contribution in [2.75, 3.05) is 20.4 Å². The zero-order valence-corrected chi connectivity index (χ0v) is 17.5. The van der Waals surface area contributed by atoms with Gasteiger partial charge in [-0.3, -0.25) is 4.79 Å². The first-order chi connectivity index (χ1) is 15.7. The molecule has 2 aliphatic heterocycles. The van der Waals surface area contributed by atoms with Crippen LogP contribution in [0.1, 0.15) is 28.1 Å². The van der Waals surface area contributed by atoms with Gasteiger partial charge in [-0.2, -0.15) is 0 Å². The van der Waals surface area contributed by atoms with Gasteiger partial charge in [0.05, 0.1) is 25.6 Å². The second-order valence-electron chi connectivity index (χ2n) is 7.55. The topological polar surface area (TPSA) is 82.7 Å². The highest BCUT2D eigenvalue weighted by atomic mass is 16.7. The Hall–Kier alpha value is -3.94. The molecule has 0 saturated carbocycles. The molecule has 0 aliphatic carbocycles. The van der Waals surface area contributed by atoms with Crippen molar-refractivity contribution < 1.29 is 28.3 Å². The third-order valence-electron chi connectivity index (χ3n) is 5.39. The summed E-state index contributed by atoms with van der Waals surface area (Å²) in [5, 5.41) is 4.26. The van der Waals surface area contributed by atoms with E-state index in [1.807, 2.05) is 42.5 Å². The van der Waals surface area contributed by atoms with Crippen LogP contribution in [0.5, 0.6) is 17.2 Å². The Morgan fingerprint density at radius 1 is 1.12 bits per heavy atom. The van der Waals surface area contributed by atoms with E-state index in [4.69, 9.17) is 23.5 Å². The summed E-state index contributed by atoms with van der Waals surface area (Å²) in [6.45, 7) is 0.961. The average Bonchev–Trinajstić information content (AvgIpc) is 3.59. The number of amides is 1. The highest BCUT2D eigenvalue weighted by Gasteiger charge is 2.29. The van der Waals surface area contributed by atoms with Crippen LogP contribution < -0.4 is 14.2 Å². The molecule has 0 radical (unpaired) electrons. The lowest BCUT2D eigenvalue weighted by molar-refractivity contribution is 0.0387. The lowest BCUT2D eigenvalue weighted by atomic mass is 10.0. The monoisotopic (exact) mass is 434 g/mol. The van der Waals surface area contributed by atoms with Gasteiger partial charge in [0.2, 0.25) is 6.79 Å². The van der Waals surface area contributed by atoms with E-state index < -0.39 is 0 Å². The quantitative estimate of drug-likeness (QED) is 0.562. The third kappa shape index (κ3) is 4.12. The predicted molar refractivity (Wildman–Crippen MR) is 115 cm³/mol. The zero-order valence-electron chi connectivity index (χ0n) is 17.5. The van der Waals surface area contributed by atoms with Gasteiger partial charge in [-0.1, -0.05) is 17.3 Å². The van der Waals surface area contributed by atoms with Gasteiger partial charge < -0.3 is 28.4 Å². The fourth-order valence-electron chi connectivity index (χ4n) is 3.79. The molecule has 164 valence electrons. The highest BCUT2D eigenvalue weighted by molar-refractivity contribution is 6.02. The lowest BCUT2D eigenvalue weighted by Crippen LogP contribution is -2.37. The number of hydrogen-bond donors (Lipinski definition) is 0. The van der Waals surface area contributed by atoms with E-state index in [-0.39, 0.29) is 24.6 Å². The summed E-state index contributed by atoms with van der Waals surface area (Å²) in [6, 6.07) is 16.7. The second kappa shape index (κ2) is 8.66. The third-order valence-corrected chi connectivity index (χ3v) is 5.39. The fraction of sp³-hybridized carbons (Fsp3) is 0.250. The average molecular weight is 434 g/mol. The number of hydrogen-bond acceptors (Lipinski definition) is 7. The number of ether oxygens (including phenoxy) is 3. The fourth-order valence-corrected chi connectivity index (χ4v) is 3.79. The predicted octanol–water partition coefficient (Wildman–Crippen LogP) is 3.85. The van der Waals surface area contributed by atoms with Crippen LogP contribution in [0.15, 0.2) is 70.4 Å². The molecule has 0 fully saturated rings. The maximum atomic E-state index is 13.1. The van der Waals surface area contributed by atoms with Gasteiger partial charge in [-0.15, -0.1) is 0 Å². The molecule has 0 N–H and O–H groups in total. The van der Waals surface area contributed by atoms with Crippen LogP contribution in [0.4, 0.5) is 0 Å². The Morgan fingerprint density at radius 2 is 2.03 bits per heavy atom. The Balaban J connectivity index is 1.31. The van der Waals surface area contributed by atoms with Gasteiger partial charge in [0, 0.05) is 18.5 Å². The van der Waals surface area contributed by atoms with Crippen molar-refractivity contribution in [3.63, 3.8) is 0 Å². The summed E-state index contributed by atoms with van der Waals surface area (Å²) in [6.07, 6.45) is 1.78. The van der Waals surface area contributed by atoms with E-state index in [2.05, 4.69) is 5.16 Å². The molecule has 1 amide bonds. The largest absolute Gasteiger partial charge is 0.497 e. The molecule has 1 unspecified atom stereocenters. The van der Waals surface area contributed by atoms with E-state index in [0.29, 0.717) is 25.3 Å². The Bertz CT molecular complexity index is 1140. The van der Waals surface area contributed by atoms with Crippen LogP contribution in [-0.4, -0.2) is 43.1 Å². The molecule has 2 aromatic carbocycles. The summed E-state index contributed by atoms with van der Waals surface area (Å²) < 4.78 is 21.5. The smallest absolute Gasteiger partial charge is 0.289 e. The molecule has 1 atom stereocenters. The van der Waals surface area contributed by atoms with Crippen LogP contribution in [-0.2, 0) is 11.4 Å². The van der Waals surface area contributed by atoms with Crippen molar-refractivity contribution in [1.29, 1.82) is 0 Å².